The Labute approximate surface area is 113 Å². The van der Waals surface area contributed by atoms with E-state index in [0.717, 1.165) is 18.5 Å². The molecule has 0 radical (unpaired) electrons. The van der Waals surface area contributed by atoms with E-state index in [1.807, 2.05) is 23.1 Å². The summed E-state index contributed by atoms with van der Waals surface area (Å²) in [4.78, 5) is 14.6. The second-order valence-corrected chi connectivity index (χ2v) is 5.23. The molecule has 3 rings (SSSR count). The van der Waals surface area contributed by atoms with Crippen molar-refractivity contribution in [2.45, 2.75) is 31.8 Å². The molecule has 2 atom stereocenters. The lowest BCUT2D eigenvalue weighted by Gasteiger charge is -2.36. The van der Waals surface area contributed by atoms with E-state index in [-0.39, 0.29) is 18.0 Å². The van der Waals surface area contributed by atoms with Crippen molar-refractivity contribution in [1.82, 2.24) is 4.90 Å². The third kappa shape index (κ3) is 2.32. The maximum absolute atomic E-state index is 12.6. The predicted molar refractivity (Wildman–Crippen MR) is 74.2 cm³/mol. The fourth-order valence-electron chi connectivity index (χ4n) is 2.93. The molecule has 1 amide bonds. The van der Waals surface area contributed by atoms with Crippen LogP contribution in [0.15, 0.2) is 24.3 Å². The minimum absolute atomic E-state index is 0.107. The number of rotatable bonds is 2. The average molecular weight is 260 g/mol. The molecule has 2 aliphatic rings. The van der Waals surface area contributed by atoms with Crippen LogP contribution in [0.3, 0.4) is 0 Å². The van der Waals surface area contributed by atoms with E-state index in [1.54, 1.807) is 0 Å². The quantitative estimate of drug-likeness (QED) is 0.879. The Morgan fingerprint density at radius 1 is 1.47 bits per heavy atom. The third-order valence-electron chi connectivity index (χ3n) is 4.05. The molecule has 2 aliphatic heterocycles. The molecule has 0 aromatic heterocycles. The molecule has 4 nitrogen and oxygen atoms in total. The Kier molecular flexibility index (Phi) is 3.42. The van der Waals surface area contributed by atoms with Gasteiger partial charge in [-0.1, -0.05) is 25.1 Å². The monoisotopic (exact) mass is 260 g/mol. The van der Waals surface area contributed by atoms with E-state index in [0.29, 0.717) is 19.8 Å². The van der Waals surface area contributed by atoms with Crippen LogP contribution in [0.4, 0.5) is 5.69 Å². The molecule has 1 aromatic rings. The zero-order valence-electron chi connectivity index (χ0n) is 11.3. The summed E-state index contributed by atoms with van der Waals surface area (Å²) in [5.74, 6) is 0.214. The molecule has 102 valence electrons. The summed E-state index contributed by atoms with van der Waals surface area (Å²) in [5, 5.41) is 3.34. The summed E-state index contributed by atoms with van der Waals surface area (Å²) in [5.41, 5.74) is 2.34. The molecule has 19 heavy (non-hydrogen) atoms. The average Bonchev–Trinajstić information content (AvgIpc) is 2.90. The third-order valence-corrected chi connectivity index (χ3v) is 4.05. The van der Waals surface area contributed by atoms with Crippen LogP contribution in [-0.4, -0.2) is 42.6 Å². The second kappa shape index (κ2) is 5.21. The van der Waals surface area contributed by atoms with Crippen LogP contribution in [-0.2, 0) is 16.0 Å². The van der Waals surface area contributed by atoms with Crippen molar-refractivity contribution >= 4 is 11.6 Å². The summed E-state index contributed by atoms with van der Waals surface area (Å²) in [6.07, 6.45) is 1.74. The Hall–Kier alpha value is -1.55. The standard InChI is InChI=1S/C15H20N2O2/c1-2-12-10-19-8-7-17(12)15(18)14-9-11-5-3-4-6-13(11)16-14/h3-6,12,14,16H,2,7-10H2,1H3. The fourth-order valence-corrected chi connectivity index (χ4v) is 2.93. The van der Waals surface area contributed by atoms with Gasteiger partial charge in [0.25, 0.3) is 0 Å². The highest BCUT2D eigenvalue weighted by molar-refractivity contribution is 5.87. The number of nitrogens with zero attached hydrogens (tertiary/aromatic N) is 1. The number of para-hydroxylation sites is 1. The summed E-state index contributed by atoms with van der Waals surface area (Å²) in [7, 11) is 0. The number of benzene rings is 1. The number of anilines is 1. The van der Waals surface area contributed by atoms with Crippen molar-refractivity contribution in [2.24, 2.45) is 0 Å². The van der Waals surface area contributed by atoms with Crippen LogP contribution in [0.25, 0.3) is 0 Å². The highest BCUT2D eigenvalue weighted by Crippen LogP contribution is 2.27. The lowest BCUT2D eigenvalue weighted by molar-refractivity contribution is -0.140. The Morgan fingerprint density at radius 3 is 3.11 bits per heavy atom. The molecule has 1 N–H and O–H groups in total. The molecule has 1 aromatic carbocycles. The number of carbonyl (C=O) groups excluding carboxylic acids is 1. The minimum Gasteiger partial charge on any atom is -0.377 e. The van der Waals surface area contributed by atoms with Crippen LogP contribution < -0.4 is 5.32 Å². The lowest BCUT2D eigenvalue weighted by Crippen LogP contribution is -2.53. The largest absolute Gasteiger partial charge is 0.377 e. The van der Waals surface area contributed by atoms with Crippen molar-refractivity contribution < 1.29 is 9.53 Å². The summed E-state index contributed by atoms with van der Waals surface area (Å²) in [6.45, 7) is 4.14. The molecule has 4 heteroatoms. The Morgan fingerprint density at radius 2 is 2.32 bits per heavy atom. The normalized spacial score (nSPS) is 25.8. The summed E-state index contributed by atoms with van der Waals surface area (Å²) >= 11 is 0. The number of fused-ring (bicyclic) bond motifs is 1. The number of nitrogens with one attached hydrogen (secondary N) is 1. The van der Waals surface area contributed by atoms with Gasteiger partial charge in [0.15, 0.2) is 0 Å². The first kappa shape index (κ1) is 12.5. The van der Waals surface area contributed by atoms with Gasteiger partial charge in [0, 0.05) is 18.7 Å². The second-order valence-electron chi connectivity index (χ2n) is 5.23. The molecule has 0 spiro atoms. The van der Waals surface area contributed by atoms with Crippen LogP contribution in [0.2, 0.25) is 0 Å². The number of morpholine rings is 1. The Bertz CT molecular complexity index is 450. The van der Waals surface area contributed by atoms with Crippen LogP contribution >= 0.6 is 0 Å². The first-order valence-corrected chi connectivity index (χ1v) is 7.02. The molecular weight excluding hydrogens is 240 g/mol. The van der Waals surface area contributed by atoms with Crippen molar-refractivity contribution in [3.05, 3.63) is 29.8 Å². The fraction of sp³-hybridized carbons (Fsp3) is 0.533. The highest BCUT2D eigenvalue weighted by atomic mass is 16.5. The molecular formula is C15H20N2O2. The number of hydrogen-bond acceptors (Lipinski definition) is 3. The highest BCUT2D eigenvalue weighted by Gasteiger charge is 2.34. The molecule has 2 unspecified atom stereocenters. The van der Waals surface area contributed by atoms with E-state index < -0.39 is 0 Å². The number of ether oxygens (including phenoxy) is 1. The van der Waals surface area contributed by atoms with Gasteiger partial charge in [-0.15, -0.1) is 0 Å². The van der Waals surface area contributed by atoms with Crippen molar-refractivity contribution in [2.75, 3.05) is 25.1 Å². The first-order valence-electron chi connectivity index (χ1n) is 7.02. The SMILES string of the molecule is CCC1COCCN1C(=O)C1Cc2ccccc2N1. The van der Waals surface area contributed by atoms with Crippen molar-refractivity contribution in [1.29, 1.82) is 0 Å². The predicted octanol–water partition coefficient (Wildman–Crippen LogP) is 1.66. The van der Waals surface area contributed by atoms with Crippen molar-refractivity contribution in [3.8, 4) is 0 Å². The van der Waals surface area contributed by atoms with Gasteiger partial charge in [-0.25, -0.2) is 0 Å². The van der Waals surface area contributed by atoms with E-state index >= 15 is 0 Å². The van der Waals surface area contributed by atoms with Crippen molar-refractivity contribution in [3.63, 3.8) is 0 Å². The van der Waals surface area contributed by atoms with Gasteiger partial charge < -0.3 is 15.0 Å². The van der Waals surface area contributed by atoms with Crippen LogP contribution in [0.1, 0.15) is 18.9 Å². The Balaban J connectivity index is 1.72. The van der Waals surface area contributed by atoms with Gasteiger partial charge in [-0.3, -0.25) is 4.79 Å². The number of amides is 1. The van der Waals surface area contributed by atoms with Gasteiger partial charge in [0.05, 0.1) is 19.3 Å². The first-order chi connectivity index (χ1) is 9.29. The topological polar surface area (TPSA) is 41.6 Å². The lowest BCUT2D eigenvalue weighted by atomic mass is 10.1. The van der Waals surface area contributed by atoms with E-state index in [1.165, 1.54) is 5.56 Å². The number of hydrogen-bond donors (Lipinski definition) is 1. The van der Waals surface area contributed by atoms with Gasteiger partial charge in [0.2, 0.25) is 5.91 Å². The molecule has 0 bridgehead atoms. The zero-order chi connectivity index (χ0) is 13.2. The summed E-state index contributed by atoms with van der Waals surface area (Å²) < 4.78 is 5.46. The van der Waals surface area contributed by atoms with E-state index in [9.17, 15) is 4.79 Å². The van der Waals surface area contributed by atoms with Gasteiger partial charge in [0.1, 0.15) is 6.04 Å². The number of carbonyl (C=O) groups is 1. The van der Waals surface area contributed by atoms with Crippen LogP contribution in [0.5, 0.6) is 0 Å². The molecule has 0 saturated carbocycles. The molecule has 2 heterocycles. The summed E-state index contributed by atoms with van der Waals surface area (Å²) in [6, 6.07) is 8.28. The maximum atomic E-state index is 12.6. The molecule has 1 fully saturated rings. The van der Waals surface area contributed by atoms with Gasteiger partial charge in [-0.05, 0) is 18.1 Å². The van der Waals surface area contributed by atoms with E-state index in [4.69, 9.17) is 4.74 Å². The molecule has 1 saturated heterocycles. The molecule has 0 aliphatic carbocycles. The minimum atomic E-state index is -0.107. The van der Waals surface area contributed by atoms with Crippen LogP contribution in [0, 0.1) is 0 Å². The van der Waals surface area contributed by atoms with Gasteiger partial charge in [-0.2, -0.15) is 0 Å². The van der Waals surface area contributed by atoms with Gasteiger partial charge >= 0.3 is 0 Å². The smallest absolute Gasteiger partial charge is 0.245 e. The zero-order valence-corrected chi connectivity index (χ0v) is 11.3. The van der Waals surface area contributed by atoms with E-state index in [2.05, 4.69) is 18.3 Å². The maximum Gasteiger partial charge on any atom is 0.245 e.